The highest BCUT2D eigenvalue weighted by Gasteiger charge is 2.24. The van der Waals surface area contributed by atoms with Gasteiger partial charge in [-0.15, -0.1) is 0 Å². The van der Waals surface area contributed by atoms with E-state index in [0.717, 1.165) is 25.3 Å². The van der Waals surface area contributed by atoms with Crippen LogP contribution in [0.5, 0.6) is 0 Å². The van der Waals surface area contributed by atoms with Gasteiger partial charge in [-0.1, -0.05) is 19.0 Å². The van der Waals surface area contributed by atoms with Crippen molar-refractivity contribution in [3.63, 3.8) is 0 Å². The fraction of sp³-hybridized carbons (Fsp3) is 0.929. The number of likely N-dealkylation sites (tertiary alicyclic amines) is 1. The van der Waals surface area contributed by atoms with Crippen LogP contribution in [0.4, 0.5) is 0 Å². The Morgan fingerprint density at radius 2 is 2.21 bits per heavy atom. The molecular formula is C14H30N4O. The summed E-state index contributed by atoms with van der Waals surface area (Å²) in [6.45, 7) is 8.74. The van der Waals surface area contributed by atoms with Crippen molar-refractivity contribution in [3.8, 4) is 0 Å². The molecule has 1 rings (SSSR count). The largest absolute Gasteiger partial charge is 0.409 e. The zero-order chi connectivity index (χ0) is 14.5. The van der Waals surface area contributed by atoms with Gasteiger partial charge in [0.25, 0.3) is 0 Å². The number of amidine groups is 1. The van der Waals surface area contributed by atoms with E-state index in [9.17, 15) is 0 Å². The third kappa shape index (κ3) is 5.37. The Hall–Kier alpha value is -0.810. The lowest BCUT2D eigenvalue weighted by atomic mass is 9.86. The van der Waals surface area contributed by atoms with Gasteiger partial charge in [0.15, 0.2) is 0 Å². The number of hydrogen-bond donors (Lipinski definition) is 2. The van der Waals surface area contributed by atoms with Crippen LogP contribution < -0.4 is 5.73 Å². The van der Waals surface area contributed by atoms with Crippen LogP contribution in [-0.2, 0) is 0 Å². The molecule has 0 radical (unpaired) electrons. The first-order chi connectivity index (χ1) is 8.85. The summed E-state index contributed by atoms with van der Waals surface area (Å²) in [6.07, 6.45) is 3.33. The zero-order valence-corrected chi connectivity index (χ0v) is 12.9. The molecule has 0 aromatic heterocycles. The van der Waals surface area contributed by atoms with Crippen LogP contribution in [0, 0.1) is 11.3 Å². The van der Waals surface area contributed by atoms with Crippen LogP contribution in [0.1, 0.15) is 33.1 Å². The highest BCUT2D eigenvalue weighted by atomic mass is 16.4. The molecular weight excluding hydrogens is 240 g/mol. The summed E-state index contributed by atoms with van der Waals surface area (Å²) in [5.74, 6) is 1.14. The maximum Gasteiger partial charge on any atom is 0.144 e. The second-order valence-corrected chi connectivity index (χ2v) is 6.65. The van der Waals surface area contributed by atoms with E-state index >= 15 is 0 Å². The van der Waals surface area contributed by atoms with Crippen molar-refractivity contribution in [2.45, 2.75) is 33.1 Å². The van der Waals surface area contributed by atoms with Crippen molar-refractivity contribution in [3.05, 3.63) is 0 Å². The molecule has 5 nitrogen and oxygen atoms in total. The van der Waals surface area contributed by atoms with Crippen molar-refractivity contribution < 1.29 is 5.21 Å². The van der Waals surface area contributed by atoms with Crippen LogP contribution in [-0.4, -0.2) is 61.1 Å². The molecule has 0 aromatic carbocycles. The molecule has 1 saturated heterocycles. The van der Waals surface area contributed by atoms with Crippen molar-refractivity contribution in [1.29, 1.82) is 0 Å². The Bertz CT molecular complexity index is 304. The molecule has 1 aliphatic rings. The Morgan fingerprint density at radius 1 is 1.53 bits per heavy atom. The van der Waals surface area contributed by atoms with Gasteiger partial charge in [-0.3, -0.25) is 0 Å². The first-order valence-electron chi connectivity index (χ1n) is 7.20. The molecule has 1 atom stereocenters. The summed E-state index contributed by atoms with van der Waals surface area (Å²) in [7, 11) is 4.38. The molecule has 1 aliphatic heterocycles. The van der Waals surface area contributed by atoms with Gasteiger partial charge < -0.3 is 20.7 Å². The summed E-state index contributed by atoms with van der Waals surface area (Å²) < 4.78 is 0. The van der Waals surface area contributed by atoms with Gasteiger partial charge in [-0.2, -0.15) is 0 Å². The highest BCUT2D eigenvalue weighted by Crippen LogP contribution is 2.23. The van der Waals surface area contributed by atoms with Crippen molar-refractivity contribution in [1.82, 2.24) is 9.80 Å². The molecule has 5 heteroatoms. The lowest BCUT2D eigenvalue weighted by Crippen LogP contribution is -2.33. The van der Waals surface area contributed by atoms with Gasteiger partial charge in [0, 0.05) is 18.5 Å². The van der Waals surface area contributed by atoms with Crippen molar-refractivity contribution in [2.75, 3.05) is 40.3 Å². The minimum Gasteiger partial charge on any atom is -0.409 e. The van der Waals surface area contributed by atoms with E-state index in [1.165, 1.54) is 26.1 Å². The molecule has 1 fully saturated rings. The minimum atomic E-state index is -0.219. The number of oxime groups is 1. The fourth-order valence-corrected chi connectivity index (χ4v) is 2.76. The van der Waals surface area contributed by atoms with E-state index < -0.39 is 0 Å². The molecule has 0 spiro atoms. The molecule has 3 N–H and O–H groups in total. The van der Waals surface area contributed by atoms with Gasteiger partial charge >= 0.3 is 0 Å². The van der Waals surface area contributed by atoms with E-state index in [0.29, 0.717) is 5.84 Å². The van der Waals surface area contributed by atoms with Gasteiger partial charge in [0.2, 0.25) is 0 Å². The van der Waals surface area contributed by atoms with E-state index in [-0.39, 0.29) is 5.41 Å². The minimum absolute atomic E-state index is 0.219. The SMILES string of the molecule is CN(CCCC(C)(C)C(N)=NO)CC1CCN(C)C1. The average molecular weight is 270 g/mol. The second-order valence-electron chi connectivity index (χ2n) is 6.65. The predicted octanol–water partition coefficient (Wildman–Crippen LogP) is 1.42. The lowest BCUT2D eigenvalue weighted by molar-refractivity contribution is 0.257. The normalized spacial score (nSPS) is 22.4. The lowest BCUT2D eigenvalue weighted by Gasteiger charge is -2.25. The average Bonchev–Trinajstić information content (AvgIpc) is 2.73. The molecule has 0 bridgehead atoms. The van der Waals surface area contributed by atoms with Crippen LogP contribution in [0.2, 0.25) is 0 Å². The van der Waals surface area contributed by atoms with E-state index in [4.69, 9.17) is 10.9 Å². The third-order valence-electron chi connectivity index (χ3n) is 4.20. The first-order valence-corrected chi connectivity index (χ1v) is 7.20. The Labute approximate surface area is 117 Å². The van der Waals surface area contributed by atoms with E-state index in [2.05, 4.69) is 29.1 Å². The standard InChI is InChI=1S/C14H30N4O/c1-14(2,13(15)16-19)7-5-8-17(3)10-12-6-9-18(4)11-12/h12,19H,5-11H2,1-4H3,(H2,15,16). The van der Waals surface area contributed by atoms with Crippen molar-refractivity contribution in [2.24, 2.45) is 22.2 Å². The molecule has 1 heterocycles. The maximum absolute atomic E-state index is 8.74. The Morgan fingerprint density at radius 3 is 2.74 bits per heavy atom. The van der Waals surface area contributed by atoms with E-state index in [1.54, 1.807) is 0 Å². The van der Waals surface area contributed by atoms with Crippen molar-refractivity contribution >= 4 is 5.84 Å². The third-order valence-corrected chi connectivity index (χ3v) is 4.20. The van der Waals surface area contributed by atoms with Gasteiger partial charge in [0.1, 0.15) is 5.84 Å². The molecule has 0 amide bonds. The molecule has 0 aliphatic carbocycles. The molecule has 0 aromatic rings. The second kappa shape index (κ2) is 7.10. The number of rotatable bonds is 7. The van der Waals surface area contributed by atoms with Crippen LogP contribution in [0.15, 0.2) is 5.16 Å². The topological polar surface area (TPSA) is 65.1 Å². The maximum atomic E-state index is 8.74. The van der Waals surface area contributed by atoms with Crippen LogP contribution in [0.25, 0.3) is 0 Å². The van der Waals surface area contributed by atoms with Crippen LogP contribution >= 0.6 is 0 Å². The van der Waals surface area contributed by atoms with Crippen LogP contribution in [0.3, 0.4) is 0 Å². The van der Waals surface area contributed by atoms with Gasteiger partial charge in [0.05, 0.1) is 0 Å². The molecule has 1 unspecified atom stereocenters. The number of nitrogens with two attached hydrogens (primary N) is 1. The summed E-state index contributed by atoms with van der Waals surface area (Å²) >= 11 is 0. The monoisotopic (exact) mass is 270 g/mol. The summed E-state index contributed by atoms with van der Waals surface area (Å²) in [6, 6.07) is 0. The summed E-state index contributed by atoms with van der Waals surface area (Å²) in [4.78, 5) is 4.81. The summed E-state index contributed by atoms with van der Waals surface area (Å²) in [5.41, 5.74) is 5.48. The fourth-order valence-electron chi connectivity index (χ4n) is 2.76. The molecule has 0 saturated carbocycles. The quantitative estimate of drug-likeness (QED) is 0.318. The predicted molar refractivity (Wildman–Crippen MR) is 79.5 cm³/mol. The zero-order valence-electron chi connectivity index (χ0n) is 12.9. The number of hydrogen-bond acceptors (Lipinski definition) is 4. The Kier molecular flexibility index (Phi) is 6.07. The molecule has 19 heavy (non-hydrogen) atoms. The summed E-state index contributed by atoms with van der Waals surface area (Å²) in [5, 5.41) is 11.9. The Balaban J connectivity index is 2.22. The first kappa shape index (κ1) is 16.2. The van der Waals surface area contributed by atoms with E-state index in [1.807, 2.05) is 13.8 Å². The number of nitrogens with zero attached hydrogens (tertiary/aromatic N) is 3. The molecule has 112 valence electrons. The van der Waals surface area contributed by atoms with Gasteiger partial charge in [-0.25, -0.2) is 0 Å². The van der Waals surface area contributed by atoms with Gasteiger partial charge in [-0.05, 0) is 52.4 Å². The smallest absolute Gasteiger partial charge is 0.144 e. The highest BCUT2D eigenvalue weighted by molar-refractivity contribution is 5.85.